The van der Waals surface area contributed by atoms with Crippen molar-refractivity contribution in [1.29, 1.82) is 0 Å². The monoisotopic (exact) mass is 979 g/mol. The molecule has 0 amide bonds. The van der Waals surface area contributed by atoms with Gasteiger partial charge in [-0.1, -0.05) is 261 Å². The summed E-state index contributed by atoms with van der Waals surface area (Å²) >= 11 is 0. The highest BCUT2D eigenvalue weighted by atomic mass is 15.0. The zero-order chi connectivity index (χ0) is 51.1. The van der Waals surface area contributed by atoms with Crippen LogP contribution >= 0.6 is 0 Å². The van der Waals surface area contributed by atoms with Crippen LogP contribution in [0.15, 0.2) is 297 Å². The van der Waals surface area contributed by atoms with Gasteiger partial charge in [0.1, 0.15) is 0 Å². The lowest BCUT2D eigenvalue weighted by Crippen LogP contribution is -2.01. The number of rotatable bonds is 10. The van der Waals surface area contributed by atoms with Crippen LogP contribution in [0.2, 0.25) is 0 Å². The summed E-state index contributed by atoms with van der Waals surface area (Å²) in [4.78, 5) is 10.6. The van der Waals surface area contributed by atoms with Crippen LogP contribution in [0.1, 0.15) is 0 Å². The molecule has 12 aromatic carbocycles. The Kier molecular flexibility index (Phi) is 11.5. The van der Waals surface area contributed by atoms with E-state index in [1.54, 1.807) is 0 Å². The van der Waals surface area contributed by atoms with E-state index < -0.39 is 0 Å². The lowest BCUT2D eigenvalue weighted by molar-refractivity contribution is 1.17. The van der Waals surface area contributed by atoms with Crippen LogP contribution in [-0.2, 0) is 0 Å². The van der Waals surface area contributed by atoms with Gasteiger partial charge in [-0.3, -0.25) is 0 Å². The summed E-state index contributed by atoms with van der Waals surface area (Å²) in [6.07, 6.45) is 0. The second-order valence-electron chi connectivity index (χ2n) is 19.6. The molecule has 0 radical (unpaired) electrons. The third kappa shape index (κ3) is 8.28. The van der Waals surface area contributed by atoms with Crippen LogP contribution in [0.25, 0.3) is 139 Å². The van der Waals surface area contributed by atoms with Gasteiger partial charge in [0.05, 0.1) is 22.2 Å². The van der Waals surface area contributed by atoms with E-state index >= 15 is 0 Å². The zero-order valence-corrected chi connectivity index (χ0v) is 42.1. The molecule has 3 nitrogen and oxygen atoms in total. The van der Waals surface area contributed by atoms with E-state index in [0.717, 1.165) is 88.8 Å². The molecule has 2 heterocycles. The molecular weight excluding hydrogens is 931 g/mol. The van der Waals surface area contributed by atoms with Crippen molar-refractivity contribution in [3.05, 3.63) is 297 Å². The highest BCUT2D eigenvalue weighted by Gasteiger charge is 2.29. The van der Waals surface area contributed by atoms with Gasteiger partial charge in [-0.2, -0.15) is 0 Å². The van der Waals surface area contributed by atoms with E-state index in [-0.39, 0.29) is 0 Å². The molecule has 0 saturated heterocycles. The highest BCUT2D eigenvalue weighted by Crippen LogP contribution is 2.54. The molecule has 360 valence electrons. The Labute approximate surface area is 448 Å². The average Bonchev–Trinajstić information content (AvgIpc) is 3.93. The number of aromatic nitrogens is 3. The van der Waals surface area contributed by atoms with Gasteiger partial charge >= 0.3 is 0 Å². The van der Waals surface area contributed by atoms with Crippen LogP contribution < -0.4 is 0 Å². The first kappa shape index (κ1) is 45.4. The van der Waals surface area contributed by atoms with E-state index in [1.807, 2.05) is 6.07 Å². The van der Waals surface area contributed by atoms with Gasteiger partial charge in [0.15, 0.2) is 5.82 Å². The molecule has 0 N–H and O–H groups in total. The Balaban J connectivity index is 1.09. The maximum Gasteiger partial charge on any atom is 0.160 e. The minimum Gasteiger partial charge on any atom is -0.309 e. The fourth-order valence-electron chi connectivity index (χ4n) is 11.5. The summed E-state index contributed by atoms with van der Waals surface area (Å²) < 4.78 is 2.51. The summed E-state index contributed by atoms with van der Waals surface area (Å²) in [7, 11) is 0. The zero-order valence-electron chi connectivity index (χ0n) is 42.1. The van der Waals surface area contributed by atoms with E-state index in [0.29, 0.717) is 5.82 Å². The normalized spacial score (nSPS) is 11.4. The van der Waals surface area contributed by atoms with Crippen molar-refractivity contribution in [2.24, 2.45) is 0 Å². The molecule has 0 bridgehead atoms. The molecule has 0 fully saturated rings. The number of fused-ring (bicyclic) bond motifs is 4. The van der Waals surface area contributed by atoms with Crippen molar-refractivity contribution in [3.63, 3.8) is 0 Å². The summed E-state index contributed by atoms with van der Waals surface area (Å²) in [5.74, 6) is 0.673. The van der Waals surface area contributed by atoms with E-state index in [2.05, 4.69) is 296 Å². The molecule has 0 spiro atoms. The maximum absolute atomic E-state index is 5.38. The first-order valence-electron chi connectivity index (χ1n) is 26.3. The highest BCUT2D eigenvalue weighted by molar-refractivity contribution is 6.27. The van der Waals surface area contributed by atoms with Gasteiger partial charge in [0.25, 0.3) is 0 Å². The first-order valence-corrected chi connectivity index (χ1v) is 26.3. The molecule has 0 atom stereocenters. The molecule has 2 aromatic heterocycles. The molecule has 77 heavy (non-hydrogen) atoms. The summed E-state index contributed by atoms with van der Waals surface area (Å²) in [6.45, 7) is 0. The average molecular weight is 980 g/mol. The third-order valence-corrected chi connectivity index (χ3v) is 15.0. The number of hydrogen-bond donors (Lipinski definition) is 0. The van der Waals surface area contributed by atoms with Gasteiger partial charge in [-0.25, -0.2) is 9.97 Å². The molecule has 3 heteroatoms. The summed E-state index contributed by atoms with van der Waals surface area (Å²) in [6, 6.07) is 107. The Morgan fingerprint density at radius 2 is 0.662 bits per heavy atom. The minimum atomic E-state index is 0.673. The van der Waals surface area contributed by atoms with Gasteiger partial charge in [0, 0.05) is 49.7 Å². The van der Waals surface area contributed by atoms with Crippen LogP contribution in [0.5, 0.6) is 0 Å². The predicted octanol–water partition coefficient (Wildman–Crippen LogP) is 19.7. The van der Waals surface area contributed by atoms with E-state index in [1.165, 1.54) is 44.3 Å². The van der Waals surface area contributed by atoms with Crippen molar-refractivity contribution in [1.82, 2.24) is 14.5 Å². The molecule has 0 aliphatic rings. The van der Waals surface area contributed by atoms with Crippen molar-refractivity contribution in [2.45, 2.75) is 0 Å². The first-order chi connectivity index (χ1) is 38.2. The van der Waals surface area contributed by atoms with Crippen LogP contribution in [0.3, 0.4) is 0 Å². The summed E-state index contributed by atoms with van der Waals surface area (Å²) in [5.41, 5.74) is 23.3. The number of para-hydroxylation sites is 1. The Morgan fingerprint density at radius 3 is 1.27 bits per heavy atom. The Bertz CT molecular complexity index is 4440. The minimum absolute atomic E-state index is 0.673. The van der Waals surface area contributed by atoms with Crippen LogP contribution in [0.4, 0.5) is 0 Å². The van der Waals surface area contributed by atoms with Crippen molar-refractivity contribution in [2.75, 3.05) is 0 Å². The van der Waals surface area contributed by atoms with Gasteiger partial charge in [-0.15, -0.1) is 0 Å². The van der Waals surface area contributed by atoms with Gasteiger partial charge in [0.2, 0.25) is 0 Å². The Hall–Kier alpha value is -10.2. The fourth-order valence-corrected chi connectivity index (χ4v) is 11.5. The van der Waals surface area contributed by atoms with Crippen molar-refractivity contribution >= 4 is 32.7 Å². The molecule has 0 unspecified atom stereocenters. The molecule has 0 aliphatic carbocycles. The Morgan fingerprint density at radius 1 is 0.247 bits per heavy atom. The van der Waals surface area contributed by atoms with E-state index in [4.69, 9.17) is 9.97 Å². The predicted molar refractivity (Wildman–Crippen MR) is 323 cm³/mol. The van der Waals surface area contributed by atoms with E-state index in [9.17, 15) is 0 Å². The fraction of sp³-hybridized carbons (Fsp3) is 0. The van der Waals surface area contributed by atoms with Gasteiger partial charge < -0.3 is 4.57 Å². The number of nitrogens with zero attached hydrogens (tertiary/aromatic N) is 3. The smallest absolute Gasteiger partial charge is 0.160 e. The molecule has 0 saturated carbocycles. The molecule has 14 rings (SSSR count). The van der Waals surface area contributed by atoms with Gasteiger partial charge in [-0.05, 0) is 97.6 Å². The second kappa shape index (κ2) is 19.6. The lowest BCUT2D eigenvalue weighted by atomic mass is 9.80. The van der Waals surface area contributed by atoms with Crippen LogP contribution in [-0.4, -0.2) is 14.5 Å². The van der Waals surface area contributed by atoms with Crippen LogP contribution in [0, 0.1) is 0 Å². The molecule has 0 aliphatic heterocycles. The summed E-state index contributed by atoms with van der Waals surface area (Å²) in [5, 5.41) is 3.35. The van der Waals surface area contributed by atoms with Crippen molar-refractivity contribution in [3.8, 4) is 106 Å². The lowest BCUT2D eigenvalue weighted by Gasteiger charge is -2.24. The largest absolute Gasteiger partial charge is 0.309 e. The third-order valence-electron chi connectivity index (χ3n) is 15.0. The number of benzene rings is 12. The van der Waals surface area contributed by atoms with Crippen molar-refractivity contribution < 1.29 is 0 Å². The maximum atomic E-state index is 5.38. The quantitative estimate of drug-likeness (QED) is 0.137. The molecular formula is C74H49N3. The second-order valence-corrected chi connectivity index (χ2v) is 19.6. The standard InChI is InChI=1S/C74H49N3/c1-7-23-50(24-8-1)51-41-43-52(44-42-51)58-35-21-36-59(47-58)60-45-46-66-64(49-60)71-69(55-29-13-4-14-30-55)67(53-25-9-2-10-26-53)68(54-27-11-3-12-28-54)70(56-31-15-5-16-32-56)73(71)77(66)62-38-22-37-61(48-62)74-75-65-40-20-19-39-63(65)72(76-74)57-33-17-6-18-34-57/h1-49H. The SMILES string of the molecule is c1ccc(-c2ccc(-c3cccc(-c4ccc5c(c4)c4c(-c6ccccc6)c(-c6ccccc6)c(-c6ccccc6)c(-c6ccccc6)c4n5-c4cccc(-c5nc(-c6ccccc6)c6ccccc6n5)c4)c3)cc2)cc1. The molecule has 14 aromatic rings. The number of hydrogen-bond acceptors (Lipinski definition) is 2. The topological polar surface area (TPSA) is 30.7 Å².